The third-order valence-electron chi connectivity index (χ3n) is 5.27. The summed E-state index contributed by atoms with van der Waals surface area (Å²) in [6.45, 7) is 0.761. The Morgan fingerprint density at radius 2 is 2.20 bits per heavy atom. The quantitative estimate of drug-likeness (QED) is 0.880. The van der Waals surface area contributed by atoms with Crippen molar-refractivity contribution in [3.05, 3.63) is 29.5 Å². The molecule has 0 bridgehead atoms. The number of hydrogen-bond acceptors (Lipinski definition) is 6. The largest absolute Gasteiger partial charge is 0.394 e. The van der Waals surface area contributed by atoms with E-state index < -0.39 is 9.84 Å². The molecule has 4 rings (SSSR count). The third-order valence-corrected chi connectivity index (χ3v) is 7.07. The molecule has 1 fully saturated rings. The van der Waals surface area contributed by atoms with Crippen LogP contribution in [0.25, 0.3) is 10.9 Å². The molecule has 1 saturated heterocycles. The Bertz CT molecular complexity index is 995. The molecular formula is C18H19N3O3S. The second-order valence-corrected chi connectivity index (χ2v) is 8.74. The number of aliphatic hydroxyl groups excluding tert-OH is 1. The van der Waals surface area contributed by atoms with Gasteiger partial charge < -0.3 is 10.0 Å². The first kappa shape index (κ1) is 16.3. The van der Waals surface area contributed by atoms with Gasteiger partial charge in [0.1, 0.15) is 6.07 Å². The van der Waals surface area contributed by atoms with Gasteiger partial charge in [-0.3, -0.25) is 4.98 Å². The number of sulfone groups is 1. The van der Waals surface area contributed by atoms with Crippen molar-refractivity contribution in [1.29, 1.82) is 5.26 Å². The molecule has 6 nitrogen and oxygen atoms in total. The Labute approximate surface area is 146 Å². The maximum atomic E-state index is 12.3. The molecule has 1 atom stereocenters. The molecule has 130 valence electrons. The highest BCUT2D eigenvalue weighted by molar-refractivity contribution is 7.91. The average molecular weight is 357 g/mol. The van der Waals surface area contributed by atoms with Gasteiger partial charge in [-0.15, -0.1) is 0 Å². The molecule has 2 aliphatic rings. The zero-order valence-electron chi connectivity index (χ0n) is 13.8. The summed E-state index contributed by atoms with van der Waals surface area (Å²) in [6.07, 6.45) is 4.88. The molecule has 0 amide bonds. The van der Waals surface area contributed by atoms with Crippen molar-refractivity contribution in [1.82, 2.24) is 4.98 Å². The first-order valence-corrected chi connectivity index (χ1v) is 10.2. The van der Waals surface area contributed by atoms with Crippen LogP contribution in [0.15, 0.2) is 23.2 Å². The number of rotatable bonds is 2. The van der Waals surface area contributed by atoms with E-state index >= 15 is 0 Å². The molecule has 0 radical (unpaired) electrons. The van der Waals surface area contributed by atoms with Gasteiger partial charge in [0.25, 0.3) is 0 Å². The van der Waals surface area contributed by atoms with E-state index in [0.717, 1.165) is 42.4 Å². The summed E-state index contributed by atoms with van der Waals surface area (Å²) in [7, 11) is -3.26. The Balaban J connectivity index is 2.05. The van der Waals surface area contributed by atoms with Crippen molar-refractivity contribution >= 4 is 26.4 Å². The Morgan fingerprint density at radius 1 is 1.36 bits per heavy atom. The van der Waals surface area contributed by atoms with E-state index in [4.69, 9.17) is 0 Å². The predicted octanol–water partition coefficient (Wildman–Crippen LogP) is 1.79. The van der Waals surface area contributed by atoms with Crippen LogP contribution in [0.4, 0.5) is 5.69 Å². The normalized spacial score (nSPS) is 21.9. The van der Waals surface area contributed by atoms with E-state index in [1.807, 2.05) is 0 Å². The molecule has 7 heteroatoms. The second-order valence-electron chi connectivity index (χ2n) is 6.66. The molecule has 2 aliphatic heterocycles. The highest BCUT2D eigenvalue weighted by Gasteiger charge is 2.32. The number of aryl methyl sites for hydroxylation is 1. The standard InChI is InChI=1S/C18H19N3O3S/c19-9-12-10-20-15-4-5-16-14(6-8-25(16,23)24)17(15)18(12)21-7-2-1-3-13(21)11-22/h4-5,10,13,22H,1-3,6-8,11H2. The number of nitrogens with zero attached hydrogens (tertiary/aromatic N) is 3. The molecule has 1 unspecified atom stereocenters. The number of hydrogen-bond donors (Lipinski definition) is 1. The van der Waals surface area contributed by atoms with Gasteiger partial charge in [-0.2, -0.15) is 5.26 Å². The van der Waals surface area contributed by atoms with Gasteiger partial charge in [0.05, 0.1) is 40.1 Å². The number of aliphatic hydroxyl groups is 1. The topological polar surface area (TPSA) is 94.3 Å². The van der Waals surface area contributed by atoms with Crippen LogP contribution >= 0.6 is 0 Å². The maximum Gasteiger partial charge on any atom is 0.179 e. The lowest BCUT2D eigenvalue weighted by Gasteiger charge is -2.37. The predicted molar refractivity (Wildman–Crippen MR) is 94.3 cm³/mol. The van der Waals surface area contributed by atoms with E-state index in [9.17, 15) is 18.8 Å². The minimum absolute atomic E-state index is 0.0159. The molecule has 25 heavy (non-hydrogen) atoms. The SMILES string of the molecule is N#Cc1cnc2ccc3c(c2c1N1CCCCC1CO)CCS3(=O)=O. The molecule has 1 aromatic carbocycles. The van der Waals surface area contributed by atoms with Crippen LogP contribution in [-0.2, 0) is 16.3 Å². The van der Waals surface area contributed by atoms with E-state index in [1.165, 1.54) is 0 Å². The Kier molecular flexibility index (Phi) is 3.89. The summed E-state index contributed by atoms with van der Waals surface area (Å²) in [5.41, 5.74) is 2.64. The molecule has 1 aromatic heterocycles. The highest BCUT2D eigenvalue weighted by Crippen LogP contribution is 2.40. The van der Waals surface area contributed by atoms with Crippen LogP contribution in [0.5, 0.6) is 0 Å². The minimum Gasteiger partial charge on any atom is -0.394 e. The van der Waals surface area contributed by atoms with Crippen LogP contribution in [0.1, 0.15) is 30.4 Å². The average Bonchev–Trinajstić information content (AvgIpc) is 2.95. The molecule has 1 N–H and O–H groups in total. The van der Waals surface area contributed by atoms with Gasteiger partial charge in [-0.25, -0.2) is 8.42 Å². The summed E-state index contributed by atoms with van der Waals surface area (Å²) in [6, 6.07) is 5.50. The molecule has 2 aromatic rings. The van der Waals surface area contributed by atoms with Crippen LogP contribution in [0, 0.1) is 11.3 Å². The van der Waals surface area contributed by atoms with E-state index in [2.05, 4.69) is 16.0 Å². The smallest absolute Gasteiger partial charge is 0.179 e. The number of piperidine rings is 1. The van der Waals surface area contributed by atoms with Crippen molar-refractivity contribution in [3.8, 4) is 6.07 Å². The number of aromatic nitrogens is 1. The summed E-state index contributed by atoms with van der Waals surface area (Å²) < 4.78 is 24.6. The molecular weight excluding hydrogens is 338 g/mol. The molecule has 0 saturated carbocycles. The van der Waals surface area contributed by atoms with Crippen molar-refractivity contribution in [2.45, 2.75) is 36.6 Å². The van der Waals surface area contributed by atoms with Crippen LogP contribution in [-0.4, -0.2) is 43.5 Å². The second kappa shape index (κ2) is 5.97. The van der Waals surface area contributed by atoms with Crippen LogP contribution in [0.3, 0.4) is 0 Å². The van der Waals surface area contributed by atoms with E-state index in [-0.39, 0.29) is 18.4 Å². The Hall–Kier alpha value is -2.17. The van der Waals surface area contributed by atoms with Gasteiger partial charge in [0, 0.05) is 18.1 Å². The van der Waals surface area contributed by atoms with Crippen LogP contribution in [0.2, 0.25) is 0 Å². The summed E-state index contributed by atoms with van der Waals surface area (Å²) in [4.78, 5) is 6.81. The molecule has 0 spiro atoms. The lowest BCUT2D eigenvalue weighted by Crippen LogP contribution is -2.42. The molecule has 0 aliphatic carbocycles. The zero-order chi connectivity index (χ0) is 17.6. The number of nitriles is 1. The Morgan fingerprint density at radius 3 is 2.96 bits per heavy atom. The highest BCUT2D eigenvalue weighted by atomic mass is 32.2. The van der Waals surface area contributed by atoms with Crippen molar-refractivity contribution in [2.75, 3.05) is 23.8 Å². The van der Waals surface area contributed by atoms with Crippen LogP contribution < -0.4 is 4.90 Å². The number of anilines is 1. The summed E-state index contributed by atoms with van der Waals surface area (Å²) in [5.74, 6) is 0.0983. The fourth-order valence-electron chi connectivity index (χ4n) is 4.07. The van der Waals surface area contributed by atoms with Crippen molar-refractivity contribution < 1.29 is 13.5 Å². The first-order valence-electron chi connectivity index (χ1n) is 8.52. The molecule has 3 heterocycles. The number of benzene rings is 1. The van der Waals surface area contributed by atoms with Gasteiger partial charge in [0.2, 0.25) is 0 Å². The zero-order valence-corrected chi connectivity index (χ0v) is 14.6. The lowest BCUT2D eigenvalue weighted by atomic mass is 9.96. The summed E-state index contributed by atoms with van der Waals surface area (Å²) >= 11 is 0. The minimum atomic E-state index is -3.26. The number of fused-ring (bicyclic) bond motifs is 3. The monoisotopic (exact) mass is 357 g/mol. The lowest BCUT2D eigenvalue weighted by molar-refractivity contribution is 0.240. The van der Waals surface area contributed by atoms with Gasteiger partial charge in [-0.1, -0.05) is 0 Å². The van der Waals surface area contributed by atoms with E-state index in [1.54, 1.807) is 18.3 Å². The maximum absolute atomic E-state index is 12.3. The fourth-order valence-corrected chi connectivity index (χ4v) is 5.62. The van der Waals surface area contributed by atoms with Crippen molar-refractivity contribution in [2.24, 2.45) is 0 Å². The number of pyridine rings is 1. The van der Waals surface area contributed by atoms with Gasteiger partial charge in [0.15, 0.2) is 9.84 Å². The fraction of sp³-hybridized carbons (Fsp3) is 0.444. The van der Waals surface area contributed by atoms with Gasteiger partial charge in [-0.05, 0) is 43.4 Å². The van der Waals surface area contributed by atoms with E-state index in [0.29, 0.717) is 22.4 Å². The van der Waals surface area contributed by atoms with Crippen molar-refractivity contribution in [3.63, 3.8) is 0 Å². The summed E-state index contributed by atoms with van der Waals surface area (Å²) in [5, 5.41) is 20.2. The third kappa shape index (κ3) is 2.48. The first-order chi connectivity index (χ1) is 12.1. The van der Waals surface area contributed by atoms with Gasteiger partial charge >= 0.3 is 0 Å².